The molecule has 3 nitrogen and oxygen atoms in total. The van der Waals surface area contributed by atoms with E-state index in [1.54, 1.807) is 19.2 Å². The summed E-state index contributed by atoms with van der Waals surface area (Å²) >= 11 is 0. The van der Waals surface area contributed by atoms with Gasteiger partial charge in [0.25, 0.3) is 5.92 Å². The minimum Gasteiger partial charge on any atom is -0.487 e. The van der Waals surface area contributed by atoms with E-state index in [1.807, 2.05) is 0 Å². The van der Waals surface area contributed by atoms with Crippen molar-refractivity contribution in [1.82, 2.24) is 5.32 Å². The highest BCUT2D eigenvalue weighted by molar-refractivity contribution is 5.97. The number of likely N-dealkylation sites (N-methyl/N-ethyl adjacent to an activating group) is 1. The second kappa shape index (κ2) is 5.72. The van der Waals surface area contributed by atoms with Gasteiger partial charge in [0.1, 0.15) is 5.75 Å². The second-order valence-corrected chi connectivity index (χ2v) is 3.84. The van der Waals surface area contributed by atoms with Gasteiger partial charge in [0.05, 0.1) is 6.54 Å². The molecule has 1 N–H and O–H groups in total. The van der Waals surface area contributed by atoms with Crippen LogP contribution >= 0.6 is 0 Å². The van der Waals surface area contributed by atoms with Crippen LogP contribution in [0.3, 0.4) is 0 Å². The Morgan fingerprint density at radius 1 is 1.35 bits per heavy atom. The minimum atomic E-state index is -2.86. The van der Waals surface area contributed by atoms with Crippen LogP contribution in [0.15, 0.2) is 24.3 Å². The van der Waals surface area contributed by atoms with Crippen molar-refractivity contribution >= 4 is 5.78 Å². The number of Topliss-reactive ketones (excluding diaryl/α,β-unsaturated/α-hetero) is 1. The van der Waals surface area contributed by atoms with E-state index < -0.39 is 12.5 Å². The van der Waals surface area contributed by atoms with Crippen LogP contribution in [0.25, 0.3) is 0 Å². The summed E-state index contributed by atoms with van der Waals surface area (Å²) in [5.41, 5.74) is 0.523. The average molecular weight is 243 g/mol. The summed E-state index contributed by atoms with van der Waals surface area (Å²) in [4.78, 5) is 11.4. The zero-order valence-electron chi connectivity index (χ0n) is 9.80. The quantitative estimate of drug-likeness (QED) is 0.778. The van der Waals surface area contributed by atoms with Crippen molar-refractivity contribution in [1.29, 1.82) is 0 Å². The zero-order valence-corrected chi connectivity index (χ0v) is 9.80. The van der Waals surface area contributed by atoms with Crippen LogP contribution in [0.4, 0.5) is 8.78 Å². The van der Waals surface area contributed by atoms with Gasteiger partial charge in [-0.1, -0.05) is 0 Å². The second-order valence-electron chi connectivity index (χ2n) is 3.84. The molecule has 0 aliphatic carbocycles. The number of hydrogen-bond acceptors (Lipinski definition) is 3. The Labute approximate surface area is 98.8 Å². The molecule has 0 aliphatic rings. The molecule has 0 aliphatic heterocycles. The summed E-state index contributed by atoms with van der Waals surface area (Å²) in [6, 6.07) is 6.13. The van der Waals surface area contributed by atoms with Crippen LogP contribution in [0.1, 0.15) is 17.3 Å². The van der Waals surface area contributed by atoms with Gasteiger partial charge in [-0.25, -0.2) is 8.78 Å². The number of rotatable bonds is 6. The van der Waals surface area contributed by atoms with Gasteiger partial charge in [0, 0.05) is 12.5 Å². The van der Waals surface area contributed by atoms with E-state index in [0.29, 0.717) is 11.3 Å². The molecule has 0 aromatic heterocycles. The Bertz CT molecular complexity index is 371. The highest BCUT2D eigenvalue weighted by Gasteiger charge is 2.21. The lowest BCUT2D eigenvalue weighted by Crippen LogP contribution is -2.21. The van der Waals surface area contributed by atoms with Gasteiger partial charge >= 0.3 is 0 Å². The summed E-state index contributed by atoms with van der Waals surface area (Å²) in [5.74, 6) is -2.59. The van der Waals surface area contributed by atoms with E-state index in [4.69, 9.17) is 4.74 Å². The molecule has 0 fully saturated rings. The molecule has 0 saturated heterocycles. The molecule has 1 aromatic rings. The third kappa shape index (κ3) is 4.91. The maximum atomic E-state index is 12.5. The van der Waals surface area contributed by atoms with Crippen molar-refractivity contribution < 1.29 is 18.3 Å². The zero-order chi connectivity index (χ0) is 12.9. The Hall–Kier alpha value is -1.49. The van der Waals surface area contributed by atoms with Crippen molar-refractivity contribution in [3.63, 3.8) is 0 Å². The number of benzene rings is 1. The Morgan fingerprint density at radius 3 is 2.41 bits per heavy atom. The normalized spacial score (nSPS) is 11.3. The lowest BCUT2D eigenvalue weighted by Gasteiger charge is -2.12. The minimum absolute atomic E-state index is 0.0557. The van der Waals surface area contributed by atoms with Gasteiger partial charge in [-0.3, -0.25) is 4.79 Å². The van der Waals surface area contributed by atoms with Gasteiger partial charge in [-0.2, -0.15) is 0 Å². The molecule has 17 heavy (non-hydrogen) atoms. The van der Waals surface area contributed by atoms with Crippen molar-refractivity contribution in [3.8, 4) is 5.75 Å². The number of hydrogen-bond donors (Lipinski definition) is 1. The molecule has 0 heterocycles. The summed E-state index contributed by atoms with van der Waals surface area (Å²) in [6.45, 7) is 0.363. The monoisotopic (exact) mass is 243 g/mol. The molecule has 1 rings (SSSR count). The van der Waals surface area contributed by atoms with Gasteiger partial charge in [0.2, 0.25) is 0 Å². The van der Waals surface area contributed by atoms with E-state index in [2.05, 4.69) is 5.32 Å². The highest BCUT2D eigenvalue weighted by atomic mass is 19.3. The molecule has 0 bridgehead atoms. The molecule has 0 saturated carbocycles. The van der Waals surface area contributed by atoms with Crippen LogP contribution in [0.2, 0.25) is 0 Å². The first-order chi connectivity index (χ1) is 7.92. The first-order valence-electron chi connectivity index (χ1n) is 5.21. The number of ketones is 1. The summed E-state index contributed by atoms with van der Waals surface area (Å²) in [7, 11) is 1.68. The summed E-state index contributed by atoms with van der Waals surface area (Å²) in [6.07, 6.45) is 0. The molecule has 0 amide bonds. The van der Waals surface area contributed by atoms with Gasteiger partial charge in [-0.05, 0) is 31.3 Å². The molecule has 0 radical (unpaired) electrons. The number of ether oxygens (including phenoxy) is 1. The Kier molecular flexibility index (Phi) is 4.57. The maximum absolute atomic E-state index is 12.5. The van der Waals surface area contributed by atoms with E-state index in [9.17, 15) is 13.6 Å². The highest BCUT2D eigenvalue weighted by Crippen LogP contribution is 2.17. The smallest absolute Gasteiger partial charge is 0.278 e. The summed E-state index contributed by atoms with van der Waals surface area (Å²) < 4.78 is 29.9. The van der Waals surface area contributed by atoms with Crippen LogP contribution in [0, 0.1) is 0 Å². The van der Waals surface area contributed by atoms with Crippen LogP contribution in [-0.2, 0) is 0 Å². The first kappa shape index (κ1) is 13.6. The van der Waals surface area contributed by atoms with E-state index in [-0.39, 0.29) is 12.3 Å². The van der Waals surface area contributed by atoms with Gasteiger partial charge in [-0.15, -0.1) is 0 Å². The Balaban J connectivity index is 2.59. The van der Waals surface area contributed by atoms with Crippen LogP contribution < -0.4 is 10.1 Å². The van der Waals surface area contributed by atoms with Crippen LogP contribution in [0.5, 0.6) is 5.75 Å². The molecular weight excluding hydrogens is 228 g/mol. The maximum Gasteiger partial charge on any atom is 0.278 e. The van der Waals surface area contributed by atoms with Gasteiger partial charge in [0.15, 0.2) is 12.4 Å². The SMILES string of the molecule is CNCC(=O)c1ccc(OCC(C)(F)F)cc1. The topological polar surface area (TPSA) is 38.3 Å². The standard InChI is InChI=1S/C12H15F2NO2/c1-12(13,14)8-17-10-5-3-9(4-6-10)11(16)7-15-2/h3-6,15H,7-8H2,1-2H3. The van der Waals surface area contributed by atoms with E-state index >= 15 is 0 Å². The lowest BCUT2D eigenvalue weighted by molar-refractivity contribution is -0.0229. The third-order valence-electron chi connectivity index (χ3n) is 2.01. The number of alkyl halides is 2. The van der Waals surface area contributed by atoms with Crippen molar-refractivity contribution in [3.05, 3.63) is 29.8 Å². The van der Waals surface area contributed by atoms with E-state index in [1.165, 1.54) is 12.1 Å². The lowest BCUT2D eigenvalue weighted by atomic mass is 10.1. The fourth-order valence-electron chi connectivity index (χ4n) is 1.21. The molecule has 94 valence electrons. The van der Waals surface area contributed by atoms with Crippen LogP contribution in [-0.4, -0.2) is 31.9 Å². The number of nitrogens with one attached hydrogen (secondary N) is 1. The van der Waals surface area contributed by atoms with Gasteiger partial charge < -0.3 is 10.1 Å². The predicted molar refractivity (Wildman–Crippen MR) is 60.8 cm³/mol. The predicted octanol–water partition coefficient (Wildman–Crippen LogP) is 2.12. The first-order valence-corrected chi connectivity index (χ1v) is 5.21. The molecule has 0 unspecified atom stereocenters. The number of halogens is 2. The van der Waals surface area contributed by atoms with E-state index in [0.717, 1.165) is 6.92 Å². The number of carbonyl (C=O) groups is 1. The average Bonchev–Trinajstić information content (AvgIpc) is 2.26. The fourth-order valence-corrected chi connectivity index (χ4v) is 1.21. The summed E-state index contributed by atoms with van der Waals surface area (Å²) in [5, 5.41) is 2.75. The van der Waals surface area contributed by atoms with Crippen molar-refractivity contribution in [2.75, 3.05) is 20.2 Å². The largest absolute Gasteiger partial charge is 0.487 e. The molecule has 1 aromatic carbocycles. The fraction of sp³-hybridized carbons (Fsp3) is 0.417. The number of carbonyl (C=O) groups excluding carboxylic acids is 1. The molecular formula is C12H15F2NO2. The van der Waals surface area contributed by atoms with Crippen molar-refractivity contribution in [2.45, 2.75) is 12.8 Å². The molecule has 0 spiro atoms. The molecule has 0 atom stereocenters. The van der Waals surface area contributed by atoms with Crippen molar-refractivity contribution in [2.24, 2.45) is 0 Å². The molecule has 5 heteroatoms. The third-order valence-corrected chi connectivity index (χ3v) is 2.01. The Morgan fingerprint density at radius 2 is 1.94 bits per heavy atom.